The Bertz CT molecular complexity index is 804. The van der Waals surface area contributed by atoms with Gasteiger partial charge in [-0.15, -0.1) is 0 Å². The van der Waals surface area contributed by atoms with Gasteiger partial charge in [0.1, 0.15) is 18.1 Å². The van der Waals surface area contributed by atoms with Crippen LogP contribution in [0.5, 0.6) is 0 Å². The van der Waals surface area contributed by atoms with E-state index in [1.165, 1.54) is 0 Å². The molecule has 0 spiro atoms. The maximum atomic E-state index is 12.8. The lowest BCUT2D eigenvalue weighted by molar-refractivity contribution is -0.142. The number of carbonyl (C=O) groups is 4. The van der Waals surface area contributed by atoms with E-state index in [0.717, 1.165) is 0 Å². The van der Waals surface area contributed by atoms with Gasteiger partial charge in [-0.1, -0.05) is 44.2 Å². The number of amides is 3. The molecule has 0 aliphatic carbocycles. The molecule has 0 aliphatic heterocycles. The van der Waals surface area contributed by atoms with E-state index in [9.17, 15) is 29.4 Å². The fourth-order valence-electron chi connectivity index (χ4n) is 3.12. The van der Waals surface area contributed by atoms with Crippen molar-refractivity contribution in [3.63, 3.8) is 0 Å². The molecule has 4 atom stereocenters. The van der Waals surface area contributed by atoms with Gasteiger partial charge in [-0.2, -0.15) is 0 Å². The fraction of sp³-hybridized carbons (Fsp3) is 0.565. The minimum atomic E-state index is -1.40. The molecule has 190 valence electrons. The van der Waals surface area contributed by atoms with Crippen molar-refractivity contribution in [2.45, 2.75) is 63.7 Å². The molecule has 1 rings (SSSR count). The van der Waals surface area contributed by atoms with E-state index in [2.05, 4.69) is 16.0 Å². The van der Waals surface area contributed by atoms with Crippen molar-refractivity contribution in [2.75, 3.05) is 13.2 Å². The van der Waals surface area contributed by atoms with Crippen LogP contribution in [0.4, 0.5) is 0 Å². The number of aliphatic hydroxyl groups excluding tert-OH is 1. The smallest absolute Gasteiger partial charge is 0.326 e. The molecule has 0 aliphatic rings. The SMILES string of the molecule is CC(C)C(N)C(=O)NC(CCCCN)C(=O)NC(CO)C(=O)NC(Cc1ccccc1)C(=O)O. The van der Waals surface area contributed by atoms with Gasteiger partial charge in [0.15, 0.2) is 0 Å². The second-order valence-electron chi connectivity index (χ2n) is 8.45. The molecule has 0 saturated heterocycles. The number of aliphatic carboxylic acids is 1. The summed E-state index contributed by atoms with van der Waals surface area (Å²) >= 11 is 0. The van der Waals surface area contributed by atoms with Crippen molar-refractivity contribution < 1.29 is 29.4 Å². The van der Waals surface area contributed by atoms with Crippen LogP contribution in [0.3, 0.4) is 0 Å². The maximum Gasteiger partial charge on any atom is 0.326 e. The lowest BCUT2D eigenvalue weighted by atomic mass is 10.0. The quantitative estimate of drug-likeness (QED) is 0.153. The Morgan fingerprint density at radius 2 is 1.44 bits per heavy atom. The van der Waals surface area contributed by atoms with Gasteiger partial charge in [0.2, 0.25) is 17.7 Å². The number of aliphatic hydroxyl groups is 1. The molecule has 0 aromatic heterocycles. The molecule has 0 fully saturated rings. The largest absolute Gasteiger partial charge is 0.480 e. The lowest BCUT2D eigenvalue weighted by Crippen LogP contribution is -2.58. The number of rotatable bonds is 15. The van der Waals surface area contributed by atoms with Gasteiger partial charge < -0.3 is 37.6 Å². The number of carboxylic acid groups (broad SMARTS) is 1. The predicted octanol–water partition coefficient (Wildman–Crippen LogP) is -1.13. The Kier molecular flexibility index (Phi) is 12.8. The first kappa shape index (κ1) is 29.0. The molecule has 0 heterocycles. The zero-order chi connectivity index (χ0) is 25.7. The zero-order valence-corrected chi connectivity index (χ0v) is 19.7. The first-order chi connectivity index (χ1) is 16.1. The summed E-state index contributed by atoms with van der Waals surface area (Å²) in [4.78, 5) is 49.5. The number of carboxylic acids is 1. The van der Waals surface area contributed by atoms with E-state index >= 15 is 0 Å². The van der Waals surface area contributed by atoms with E-state index in [1.54, 1.807) is 44.2 Å². The van der Waals surface area contributed by atoms with E-state index in [-0.39, 0.29) is 18.8 Å². The van der Waals surface area contributed by atoms with Gasteiger partial charge in [0.25, 0.3) is 0 Å². The third kappa shape index (κ3) is 9.86. The molecule has 0 radical (unpaired) electrons. The third-order valence-electron chi connectivity index (χ3n) is 5.31. The lowest BCUT2D eigenvalue weighted by Gasteiger charge is -2.25. The van der Waals surface area contributed by atoms with Gasteiger partial charge >= 0.3 is 5.97 Å². The van der Waals surface area contributed by atoms with Crippen molar-refractivity contribution in [1.82, 2.24) is 16.0 Å². The molecule has 1 aromatic carbocycles. The van der Waals surface area contributed by atoms with E-state index < -0.39 is 54.5 Å². The standard InChI is InChI=1S/C23H37N5O6/c1-14(2)19(25)22(32)26-16(10-6-7-11-24)20(30)28-18(13-29)21(31)27-17(23(33)34)12-15-8-4-3-5-9-15/h3-5,8-9,14,16-19,29H,6-7,10-13,24-25H2,1-2H3,(H,26,32)(H,27,31)(H,28,30)(H,33,34). The minimum absolute atomic E-state index is 0.0267. The van der Waals surface area contributed by atoms with Crippen LogP contribution in [0, 0.1) is 5.92 Å². The molecule has 11 heteroatoms. The number of hydrogen-bond acceptors (Lipinski definition) is 7. The van der Waals surface area contributed by atoms with Crippen molar-refractivity contribution in [2.24, 2.45) is 17.4 Å². The van der Waals surface area contributed by atoms with Crippen molar-refractivity contribution >= 4 is 23.7 Å². The molecular formula is C23H37N5O6. The van der Waals surface area contributed by atoms with Crippen molar-refractivity contribution in [1.29, 1.82) is 0 Å². The molecule has 3 amide bonds. The van der Waals surface area contributed by atoms with E-state index in [0.29, 0.717) is 24.9 Å². The Hall–Kier alpha value is -3.02. The van der Waals surface area contributed by atoms with Crippen molar-refractivity contribution in [3.8, 4) is 0 Å². The summed E-state index contributed by atoms with van der Waals surface area (Å²) in [5.41, 5.74) is 12.1. The van der Waals surface area contributed by atoms with E-state index in [4.69, 9.17) is 11.5 Å². The second kappa shape index (κ2) is 15.0. The van der Waals surface area contributed by atoms with Gasteiger partial charge in [-0.3, -0.25) is 14.4 Å². The monoisotopic (exact) mass is 479 g/mol. The molecule has 4 unspecified atom stereocenters. The minimum Gasteiger partial charge on any atom is -0.480 e. The predicted molar refractivity (Wildman–Crippen MR) is 126 cm³/mol. The van der Waals surface area contributed by atoms with E-state index in [1.807, 2.05) is 0 Å². The summed E-state index contributed by atoms with van der Waals surface area (Å²) in [5.74, 6) is -3.46. The summed E-state index contributed by atoms with van der Waals surface area (Å²) in [6.07, 6.45) is 1.45. The van der Waals surface area contributed by atoms with Crippen LogP contribution in [-0.2, 0) is 25.6 Å². The molecule has 0 bridgehead atoms. The number of unbranched alkanes of at least 4 members (excludes halogenated alkanes) is 1. The Balaban J connectivity index is 2.86. The van der Waals surface area contributed by atoms with Crippen LogP contribution >= 0.6 is 0 Å². The van der Waals surface area contributed by atoms with Gasteiger partial charge in [-0.05, 0) is 37.3 Å². The molecular weight excluding hydrogens is 442 g/mol. The molecule has 34 heavy (non-hydrogen) atoms. The molecule has 11 nitrogen and oxygen atoms in total. The first-order valence-corrected chi connectivity index (χ1v) is 11.3. The summed E-state index contributed by atoms with van der Waals surface area (Å²) < 4.78 is 0. The third-order valence-corrected chi connectivity index (χ3v) is 5.31. The first-order valence-electron chi connectivity index (χ1n) is 11.3. The summed E-state index contributed by atoms with van der Waals surface area (Å²) in [6.45, 7) is 3.19. The summed E-state index contributed by atoms with van der Waals surface area (Å²) in [6, 6.07) is 4.25. The molecule has 1 aromatic rings. The van der Waals surface area contributed by atoms with Crippen LogP contribution < -0.4 is 27.4 Å². The Morgan fingerprint density at radius 3 is 1.97 bits per heavy atom. The topological polar surface area (TPSA) is 197 Å². The highest BCUT2D eigenvalue weighted by molar-refractivity contribution is 5.94. The number of benzene rings is 1. The van der Waals surface area contributed by atoms with Crippen LogP contribution in [0.1, 0.15) is 38.7 Å². The Labute approximate surface area is 199 Å². The normalized spacial score (nSPS) is 14.5. The number of nitrogens with one attached hydrogen (secondary N) is 3. The summed E-state index contributed by atoms with van der Waals surface area (Å²) in [5, 5.41) is 26.5. The van der Waals surface area contributed by atoms with Crippen LogP contribution in [-0.4, -0.2) is 71.2 Å². The number of hydrogen-bond donors (Lipinski definition) is 7. The number of carbonyl (C=O) groups excluding carboxylic acids is 3. The zero-order valence-electron chi connectivity index (χ0n) is 19.7. The highest BCUT2D eigenvalue weighted by Crippen LogP contribution is 2.06. The van der Waals surface area contributed by atoms with Crippen LogP contribution in [0.15, 0.2) is 30.3 Å². The Morgan fingerprint density at radius 1 is 0.882 bits per heavy atom. The van der Waals surface area contributed by atoms with Gasteiger partial charge in [-0.25, -0.2) is 4.79 Å². The van der Waals surface area contributed by atoms with Crippen molar-refractivity contribution in [3.05, 3.63) is 35.9 Å². The maximum absolute atomic E-state index is 12.8. The van der Waals surface area contributed by atoms with Gasteiger partial charge in [0, 0.05) is 6.42 Å². The number of nitrogens with two attached hydrogens (primary N) is 2. The van der Waals surface area contributed by atoms with Gasteiger partial charge in [0.05, 0.1) is 12.6 Å². The molecule has 9 N–H and O–H groups in total. The van der Waals surface area contributed by atoms with Crippen LogP contribution in [0.25, 0.3) is 0 Å². The highest BCUT2D eigenvalue weighted by Gasteiger charge is 2.30. The molecule has 0 saturated carbocycles. The summed E-state index contributed by atoms with van der Waals surface area (Å²) in [7, 11) is 0. The highest BCUT2D eigenvalue weighted by atomic mass is 16.4. The average molecular weight is 480 g/mol. The fourth-order valence-corrected chi connectivity index (χ4v) is 3.12. The van der Waals surface area contributed by atoms with Crippen LogP contribution in [0.2, 0.25) is 0 Å². The average Bonchev–Trinajstić information content (AvgIpc) is 2.81. The second-order valence-corrected chi connectivity index (χ2v) is 8.45.